The van der Waals surface area contributed by atoms with Gasteiger partial charge in [-0.1, -0.05) is 12.1 Å². The molecular weight excluding hydrogens is 380 g/mol. The van der Waals surface area contributed by atoms with Crippen LogP contribution >= 0.6 is 11.3 Å². The zero-order chi connectivity index (χ0) is 20.2. The molecular formula is C22H28N6S. The van der Waals surface area contributed by atoms with Crippen LogP contribution in [0.4, 0.5) is 16.6 Å². The van der Waals surface area contributed by atoms with Crippen molar-refractivity contribution in [3.8, 4) is 11.3 Å². The van der Waals surface area contributed by atoms with Crippen molar-refractivity contribution in [1.82, 2.24) is 19.8 Å². The quantitative estimate of drug-likeness (QED) is 0.623. The van der Waals surface area contributed by atoms with E-state index in [-0.39, 0.29) is 0 Å². The highest BCUT2D eigenvalue weighted by Gasteiger charge is 2.14. The van der Waals surface area contributed by atoms with Crippen LogP contribution in [0, 0.1) is 6.92 Å². The lowest BCUT2D eigenvalue weighted by molar-refractivity contribution is 0.269. The van der Waals surface area contributed by atoms with E-state index in [4.69, 9.17) is 10.7 Å². The first-order valence-corrected chi connectivity index (χ1v) is 10.8. The van der Waals surface area contributed by atoms with Crippen LogP contribution in [0.3, 0.4) is 0 Å². The molecule has 3 aromatic rings. The smallest absolute Gasteiger partial charge is 0.188 e. The maximum atomic E-state index is 6.01. The average Bonchev–Trinajstić information content (AvgIpc) is 2.99. The first-order valence-electron chi connectivity index (χ1n) is 10.0. The first kappa shape index (κ1) is 19.8. The van der Waals surface area contributed by atoms with Gasteiger partial charge in [0.1, 0.15) is 5.82 Å². The van der Waals surface area contributed by atoms with Crippen LogP contribution in [0.5, 0.6) is 0 Å². The largest absolute Gasteiger partial charge is 0.399 e. The fraction of sp³-hybridized carbons (Fsp3) is 0.364. The molecule has 0 aliphatic carbocycles. The molecule has 1 fully saturated rings. The maximum Gasteiger partial charge on any atom is 0.188 e. The zero-order valence-electron chi connectivity index (χ0n) is 17.1. The number of nitrogens with one attached hydrogen (secondary N) is 1. The molecule has 0 atom stereocenters. The average molecular weight is 409 g/mol. The number of aryl methyl sites for hydroxylation is 1. The van der Waals surface area contributed by atoms with Crippen molar-refractivity contribution < 1.29 is 0 Å². The third-order valence-electron chi connectivity index (χ3n) is 5.14. The second-order valence-electron chi connectivity index (χ2n) is 7.71. The fourth-order valence-corrected chi connectivity index (χ4v) is 4.30. The lowest BCUT2D eigenvalue weighted by atomic mass is 10.1. The lowest BCUT2D eigenvalue weighted by Gasteiger charge is -2.21. The Bertz CT molecular complexity index is 969. The maximum absolute atomic E-state index is 6.01. The van der Waals surface area contributed by atoms with Gasteiger partial charge in [0.25, 0.3) is 0 Å². The van der Waals surface area contributed by atoms with Gasteiger partial charge in [-0.15, -0.1) is 11.3 Å². The van der Waals surface area contributed by atoms with Gasteiger partial charge >= 0.3 is 0 Å². The first-order chi connectivity index (χ1) is 14.0. The molecule has 3 N–H and O–H groups in total. The van der Waals surface area contributed by atoms with E-state index in [1.54, 1.807) is 11.3 Å². The summed E-state index contributed by atoms with van der Waals surface area (Å²) in [6.07, 6.45) is 3.08. The van der Waals surface area contributed by atoms with Crippen LogP contribution in [-0.4, -0.2) is 53.0 Å². The van der Waals surface area contributed by atoms with Gasteiger partial charge in [0.05, 0.1) is 5.69 Å². The van der Waals surface area contributed by atoms with Gasteiger partial charge < -0.3 is 16.0 Å². The highest BCUT2D eigenvalue weighted by molar-refractivity contribution is 7.15. The number of nitrogens with zero attached hydrogens (tertiary/aromatic N) is 4. The minimum absolute atomic E-state index is 0.746. The van der Waals surface area contributed by atoms with Crippen LogP contribution in [0.2, 0.25) is 0 Å². The number of rotatable bonds is 5. The van der Waals surface area contributed by atoms with Gasteiger partial charge in [0, 0.05) is 42.0 Å². The third-order valence-corrected chi connectivity index (χ3v) is 5.97. The highest BCUT2D eigenvalue weighted by atomic mass is 32.1. The molecule has 0 amide bonds. The van der Waals surface area contributed by atoms with E-state index >= 15 is 0 Å². The molecule has 6 nitrogen and oxygen atoms in total. The monoisotopic (exact) mass is 408 g/mol. The van der Waals surface area contributed by atoms with Crippen LogP contribution in [-0.2, 0) is 6.54 Å². The predicted molar refractivity (Wildman–Crippen MR) is 122 cm³/mol. The zero-order valence-corrected chi connectivity index (χ0v) is 17.9. The molecule has 0 spiro atoms. The molecule has 4 rings (SSSR count). The molecule has 1 aromatic carbocycles. The molecule has 1 aliphatic heterocycles. The van der Waals surface area contributed by atoms with E-state index in [9.17, 15) is 0 Å². The Labute approximate surface area is 176 Å². The summed E-state index contributed by atoms with van der Waals surface area (Å²) in [7, 11) is 2.20. The molecule has 0 unspecified atom stereocenters. The standard InChI is InChI=1S/C22H28N6S/c1-16-14-24-22(29-16)26-21-12-17(15-28-8-4-7-27(2)9-10-28)11-20(25-21)18-5-3-6-19(23)13-18/h3,5-6,11-14H,4,7-10,15,23H2,1-2H3,(H,24,25,26). The molecule has 0 bridgehead atoms. The topological polar surface area (TPSA) is 70.3 Å². The van der Waals surface area contributed by atoms with Gasteiger partial charge in [-0.2, -0.15) is 0 Å². The van der Waals surface area contributed by atoms with Crippen molar-refractivity contribution in [2.24, 2.45) is 0 Å². The minimum Gasteiger partial charge on any atom is -0.399 e. The Morgan fingerprint density at radius 1 is 1.14 bits per heavy atom. The Morgan fingerprint density at radius 2 is 2.03 bits per heavy atom. The van der Waals surface area contributed by atoms with E-state index in [0.717, 1.165) is 60.6 Å². The summed E-state index contributed by atoms with van der Waals surface area (Å²) in [5, 5.41) is 4.25. The molecule has 152 valence electrons. The van der Waals surface area contributed by atoms with Crippen molar-refractivity contribution in [2.45, 2.75) is 19.9 Å². The van der Waals surface area contributed by atoms with E-state index < -0.39 is 0 Å². The lowest BCUT2D eigenvalue weighted by Crippen LogP contribution is -2.28. The predicted octanol–water partition coefficient (Wildman–Crippen LogP) is 3.98. The van der Waals surface area contributed by atoms with Crippen LogP contribution < -0.4 is 11.1 Å². The second kappa shape index (κ2) is 8.90. The summed E-state index contributed by atoms with van der Waals surface area (Å²) < 4.78 is 0. The van der Waals surface area contributed by atoms with E-state index in [2.05, 4.69) is 52.3 Å². The number of likely N-dealkylation sites (N-methyl/N-ethyl adjacent to an activating group) is 1. The van der Waals surface area contributed by atoms with Gasteiger partial charge in [-0.05, 0) is 63.3 Å². The van der Waals surface area contributed by atoms with Crippen molar-refractivity contribution in [3.05, 3.63) is 53.0 Å². The van der Waals surface area contributed by atoms with Gasteiger partial charge in [0.15, 0.2) is 5.13 Å². The Morgan fingerprint density at radius 3 is 2.83 bits per heavy atom. The normalized spacial score (nSPS) is 15.9. The molecule has 0 radical (unpaired) electrons. The number of anilines is 3. The van der Waals surface area contributed by atoms with Crippen molar-refractivity contribution in [1.29, 1.82) is 0 Å². The van der Waals surface area contributed by atoms with Gasteiger partial charge in [-0.3, -0.25) is 4.90 Å². The third kappa shape index (κ3) is 5.32. The van der Waals surface area contributed by atoms with Crippen molar-refractivity contribution in [2.75, 3.05) is 44.3 Å². The number of pyridine rings is 1. The number of nitrogen functional groups attached to an aromatic ring is 1. The number of nitrogens with two attached hydrogens (primary N) is 1. The van der Waals surface area contributed by atoms with Crippen LogP contribution in [0.25, 0.3) is 11.3 Å². The molecule has 1 aliphatic rings. The van der Waals surface area contributed by atoms with E-state index in [1.165, 1.54) is 16.9 Å². The highest BCUT2D eigenvalue weighted by Crippen LogP contribution is 2.27. The molecule has 2 aromatic heterocycles. The SMILES string of the molecule is Cc1cnc(Nc2cc(CN3CCCN(C)CC3)cc(-c3cccc(N)c3)n2)s1. The summed E-state index contributed by atoms with van der Waals surface area (Å²) in [5.41, 5.74) is 9.96. The van der Waals surface area contributed by atoms with E-state index in [1.807, 2.05) is 24.4 Å². The van der Waals surface area contributed by atoms with E-state index in [0.29, 0.717) is 0 Å². The van der Waals surface area contributed by atoms with Crippen molar-refractivity contribution >= 4 is 28.0 Å². The fourth-order valence-electron chi connectivity index (χ4n) is 3.63. The number of benzene rings is 1. The molecule has 3 heterocycles. The number of hydrogen-bond donors (Lipinski definition) is 2. The molecule has 0 saturated carbocycles. The number of hydrogen-bond acceptors (Lipinski definition) is 7. The Kier molecular flexibility index (Phi) is 6.08. The Hall–Kier alpha value is -2.48. The summed E-state index contributed by atoms with van der Waals surface area (Å²) in [6.45, 7) is 7.45. The molecule has 29 heavy (non-hydrogen) atoms. The number of aromatic nitrogens is 2. The number of thiazole rings is 1. The molecule has 1 saturated heterocycles. The summed E-state index contributed by atoms with van der Waals surface area (Å²) in [6, 6.07) is 12.2. The molecule has 7 heteroatoms. The summed E-state index contributed by atoms with van der Waals surface area (Å²) >= 11 is 1.63. The van der Waals surface area contributed by atoms with Crippen LogP contribution in [0.15, 0.2) is 42.6 Å². The summed E-state index contributed by atoms with van der Waals surface area (Å²) in [5.74, 6) is 0.821. The minimum atomic E-state index is 0.746. The second-order valence-corrected chi connectivity index (χ2v) is 8.94. The van der Waals surface area contributed by atoms with Crippen LogP contribution in [0.1, 0.15) is 16.9 Å². The van der Waals surface area contributed by atoms with Gasteiger partial charge in [0.2, 0.25) is 0 Å². The van der Waals surface area contributed by atoms with Gasteiger partial charge in [-0.25, -0.2) is 9.97 Å². The van der Waals surface area contributed by atoms with Crippen molar-refractivity contribution in [3.63, 3.8) is 0 Å². The Balaban J connectivity index is 1.63. The summed E-state index contributed by atoms with van der Waals surface area (Å²) in [4.78, 5) is 15.4.